The van der Waals surface area contributed by atoms with E-state index in [9.17, 15) is 0 Å². The van der Waals surface area contributed by atoms with Gasteiger partial charge >= 0.3 is 0 Å². The third-order valence-electron chi connectivity index (χ3n) is 2.96. The van der Waals surface area contributed by atoms with Crippen molar-refractivity contribution < 1.29 is 4.74 Å². The molecule has 0 aromatic heterocycles. The lowest BCUT2D eigenvalue weighted by Gasteiger charge is -2.15. The Hall–Kier alpha value is -0.320. The van der Waals surface area contributed by atoms with E-state index < -0.39 is 0 Å². The summed E-state index contributed by atoms with van der Waals surface area (Å²) < 4.78 is 7.40. The smallest absolute Gasteiger partial charge is 0.118 e. The molecule has 0 aliphatic carbocycles. The first-order valence-corrected chi connectivity index (χ1v) is 8.26. The Kier molecular flexibility index (Phi) is 5.09. The number of halogens is 3. The number of benzene rings is 2. The second kappa shape index (κ2) is 6.42. The molecule has 0 fully saturated rings. The summed E-state index contributed by atoms with van der Waals surface area (Å²) in [4.78, 5) is 0.143. The van der Waals surface area contributed by atoms with Crippen LogP contribution in [0, 0.1) is 6.92 Å². The van der Waals surface area contributed by atoms with Gasteiger partial charge in [-0.3, -0.25) is 0 Å². The molecule has 0 saturated carbocycles. The number of alkyl halides is 1. The monoisotopic (exact) mass is 446 g/mol. The number of hydrogen-bond donors (Lipinski definition) is 0. The maximum Gasteiger partial charge on any atom is 0.118 e. The highest BCUT2D eigenvalue weighted by Gasteiger charge is 2.15. The van der Waals surface area contributed by atoms with Crippen molar-refractivity contribution in [3.63, 3.8) is 0 Å². The number of aryl methyl sites for hydroxylation is 1. The second-order valence-electron chi connectivity index (χ2n) is 4.26. The maximum atomic E-state index is 5.18. The number of rotatable bonds is 3. The fourth-order valence-electron chi connectivity index (χ4n) is 1.81. The average Bonchev–Trinajstić information content (AvgIpc) is 2.42. The predicted molar refractivity (Wildman–Crippen MR) is 90.3 cm³/mol. The summed E-state index contributed by atoms with van der Waals surface area (Å²) >= 11 is 11.0. The summed E-state index contributed by atoms with van der Waals surface area (Å²) in [5.41, 5.74) is 3.60. The minimum absolute atomic E-state index is 0.143. The number of hydrogen-bond acceptors (Lipinski definition) is 1. The fourth-order valence-corrected chi connectivity index (χ4v) is 3.85. The van der Waals surface area contributed by atoms with Crippen LogP contribution >= 0.6 is 47.8 Å². The normalized spacial score (nSPS) is 12.3. The van der Waals surface area contributed by atoms with Crippen molar-refractivity contribution in [3.8, 4) is 5.75 Å². The van der Waals surface area contributed by atoms with Gasteiger partial charge in [0.05, 0.1) is 11.9 Å². The van der Waals surface area contributed by atoms with E-state index in [1.165, 1.54) is 16.7 Å². The highest BCUT2D eigenvalue weighted by Crippen LogP contribution is 2.38. The molecule has 0 heterocycles. The fraction of sp³-hybridized carbons (Fsp3) is 0.200. The SMILES string of the molecule is COc1ccc(C(Br)c2cc(Br)c(C)cc2Br)cc1. The summed E-state index contributed by atoms with van der Waals surface area (Å²) in [6.07, 6.45) is 0. The third-order valence-corrected chi connectivity index (χ3v) is 5.52. The van der Waals surface area contributed by atoms with Crippen LogP contribution in [0.5, 0.6) is 5.75 Å². The minimum atomic E-state index is 0.143. The van der Waals surface area contributed by atoms with Crippen molar-refractivity contribution >= 4 is 47.8 Å². The van der Waals surface area contributed by atoms with E-state index in [2.05, 4.69) is 79.0 Å². The van der Waals surface area contributed by atoms with E-state index in [0.717, 1.165) is 14.7 Å². The van der Waals surface area contributed by atoms with Gasteiger partial charge in [-0.05, 0) is 47.9 Å². The first-order chi connectivity index (χ1) is 9.02. The lowest BCUT2D eigenvalue weighted by molar-refractivity contribution is 0.414. The molecule has 4 heteroatoms. The van der Waals surface area contributed by atoms with Crippen LogP contribution in [0.3, 0.4) is 0 Å². The lowest BCUT2D eigenvalue weighted by atomic mass is 10.0. The first kappa shape index (κ1) is 15.1. The van der Waals surface area contributed by atoms with Gasteiger partial charge in [0, 0.05) is 8.95 Å². The zero-order valence-electron chi connectivity index (χ0n) is 10.6. The van der Waals surface area contributed by atoms with Gasteiger partial charge in [0.2, 0.25) is 0 Å². The van der Waals surface area contributed by atoms with Crippen molar-refractivity contribution in [3.05, 3.63) is 62.0 Å². The Balaban J connectivity index is 2.37. The molecule has 19 heavy (non-hydrogen) atoms. The minimum Gasteiger partial charge on any atom is -0.497 e. The van der Waals surface area contributed by atoms with Crippen LogP contribution in [-0.4, -0.2) is 7.11 Å². The van der Waals surface area contributed by atoms with Crippen LogP contribution in [0.4, 0.5) is 0 Å². The molecule has 0 amide bonds. The molecule has 2 aromatic carbocycles. The quantitative estimate of drug-likeness (QED) is 0.522. The Morgan fingerprint density at radius 2 is 1.63 bits per heavy atom. The molecule has 0 bridgehead atoms. The average molecular weight is 449 g/mol. The molecule has 1 nitrogen and oxygen atoms in total. The van der Waals surface area contributed by atoms with Crippen molar-refractivity contribution in [1.29, 1.82) is 0 Å². The van der Waals surface area contributed by atoms with Gasteiger partial charge in [0.25, 0.3) is 0 Å². The molecular weight excluding hydrogens is 436 g/mol. The Morgan fingerprint density at radius 1 is 1.00 bits per heavy atom. The zero-order chi connectivity index (χ0) is 14.0. The van der Waals surface area contributed by atoms with Gasteiger partial charge in [-0.25, -0.2) is 0 Å². The van der Waals surface area contributed by atoms with Crippen LogP contribution in [-0.2, 0) is 0 Å². The van der Waals surface area contributed by atoms with Gasteiger partial charge in [-0.15, -0.1) is 0 Å². The van der Waals surface area contributed by atoms with Gasteiger partial charge < -0.3 is 4.74 Å². The summed E-state index contributed by atoms with van der Waals surface area (Å²) in [5, 5.41) is 0. The largest absolute Gasteiger partial charge is 0.497 e. The standard InChI is InChI=1S/C15H13Br3O/c1-9-7-14(17)12(8-13(9)16)15(18)10-3-5-11(19-2)6-4-10/h3-8,15H,1-2H3. The maximum absolute atomic E-state index is 5.18. The zero-order valence-corrected chi connectivity index (χ0v) is 15.3. The van der Waals surface area contributed by atoms with Crippen LogP contribution in [0.1, 0.15) is 21.5 Å². The number of ether oxygens (including phenoxy) is 1. The molecule has 1 atom stereocenters. The summed E-state index contributed by atoms with van der Waals surface area (Å²) in [6.45, 7) is 2.08. The molecule has 1 unspecified atom stereocenters. The van der Waals surface area contributed by atoms with Gasteiger partial charge in [-0.2, -0.15) is 0 Å². The Morgan fingerprint density at radius 3 is 2.21 bits per heavy atom. The van der Waals surface area contributed by atoms with E-state index >= 15 is 0 Å². The third kappa shape index (κ3) is 3.41. The lowest BCUT2D eigenvalue weighted by Crippen LogP contribution is -1.95. The summed E-state index contributed by atoms with van der Waals surface area (Å²) in [6, 6.07) is 12.3. The number of methoxy groups -OCH3 is 1. The van der Waals surface area contributed by atoms with Crippen LogP contribution < -0.4 is 4.74 Å². The molecule has 2 aromatic rings. The molecule has 0 aliphatic rings. The van der Waals surface area contributed by atoms with Gasteiger partial charge in [-0.1, -0.05) is 59.9 Å². The van der Waals surface area contributed by atoms with Gasteiger partial charge in [0.15, 0.2) is 0 Å². The Bertz CT molecular complexity index is 579. The van der Waals surface area contributed by atoms with E-state index in [1.807, 2.05) is 12.1 Å². The predicted octanol–water partition coefficient (Wildman–Crippen LogP) is 6.01. The first-order valence-electron chi connectivity index (χ1n) is 5.76. The highest BCUT2D eigenvalue weighted by molar-refractivity contribution is 9.11. The molecule has 100 valence electrons. The molecule has 0 saturated heterocycles. The van der Waals surface area contributed by atoms with Crippen LogP contribution in [0.2, 0.25) is 0 Å². The van der Waals surface area contributed by atoms with Crippen LogP contribution in [0.25, 0.3) is 0 Å². The summed E-state index contributed by atoms with van der Waals surface area (Å²) in [5.74, 6) is 0.868. The summed E-state index contributed by atoms with van der Waals surface area (Å²) in [7, 11) is 1.67. The van der Waals surface area contributed by atoms with Gasteiger partial charge in [0.1, 0.15) is 5.75 Å². The van der Waals surface area contributed by atoms with Crippen molar-refractivity contribution in [1.82, 2.24) is 0 Å². The van der Waals surface area contributed by atoms with E-state index in [0.29, 0.717) is 0 Å². The van der Waals surface area contributed by atoms with Crippen molar-refractivity contribution in [2.45, 2.75) is 11.8 Å². The van der Waals surface area contributed by atoms with E-state index in [4.69, 9.17) is 4.74 Å². The molecule has 0 spiro atoms. The van der Waals surface area contributed by atoms with E-state index in [-0.39, 0.29) is 4.83 Å². The molecular formula is C15H13Br3O. The molecule has 0 aliphatic heterocycles. The molecule has 0 radical (unpaired) electrons. The van der Waals surface area contributed by atoms with Crippen LogP contribution in [0.15, 0.2) is 45.3 Å². The topological polar surface area (TPSA) is 9.23 Å². The highest BCUT2D eigenvalue weighted by atomic mass is 79.9. The Labute approximate surface area is 138 Å². The molecule has 2 rings (SSSR count). The van der Waals surface area contributed by atoms with E-state index in [1.54, 1.807) is 7.11 Å². The van der Waals surface area contributed by atoms with Crippen molar-refractivity contribution in [2.24, 2.45) is 0 Å². The molecule has 0 N–H and O–H groups in total. The van der Waals surface area contributed by atoms with Crippen molar-refractivity contribution in [2.75, 3.05) is 7.11 Å². The second-order valence-corrected chi connectivity index (χ2v) is 6.88.